The molecule has 5 nitrogen and oxygen atoms in total. The number of nitrogens with one attached hydrogen (secondary N) is 1. The summed E-state index contributed by atoms with van der Waals surface area (Å²) in [5.41, 5.74) is 0.606. The second-order valence-corrected chi connectivity index (χ2v) is 10.1. The van der Waals surface area contributed by atoms with E-state index in [0.717, 1.165) is 43.0 Å². The number of carbonyl (C=O) groups excluding carboxylic acids is 1. The van der Waals surface area contributed by atoms with Gasteiger partial charge in [0.05, 0.1) is 17.3 Å². The quantitative estimate of drug-likeness (QED) is 0.238. The monoisotopic (exact) mass is 582 g/mol. The number of alkyl halides is 2. The van der Waals surface area contributed by atoms with Crippen LogP contribution < -0.4 is 5.32 Å². The molecule has 2 rings (SSSR count). The van der Waals surface area contributed by atoms with Crippen molar-refractivity contribution in [2.45, 2.75) is 113 Å². The SMILES string of the molecule is CC.CCCC(C#N)(CCC(C)C)C(C)=O.CCCc1nc(Cl)nc(NCc2cccc(C(F)F)c2F)c1CC. The first kappa shape index (κ1) is 37.3. The number of aromatic nitrogens is 2. The van der Waals surface area contributed by atoms with Gasteiger partial charge in [0.1, 0.15) is 22.8 Å². The zero-order valence-corrected chi connectivity index (χ0v) is 26.1. The maximum Gasteiger partial charge on any atom is 0.266 e. The molecular weight excluding hydrogens is 537 g/mol. The van der Waals surface area contributed by atoms with Crippen LogP contribution in [-0.4, -0.2) is 15.8 Å². The molecule has 0 saturated heterocycles. The summed E-state index contributed by atoms with van der Waals surface area (Å²) in [7, 11) is 0. The molecule has 40 heavy (non-hydrogen) atoms. The van der Waals surface area contributed by atoms with Crippen molar-refractivity contribution in [3.8, 4) is 6.07 Å². The molecule has 9 heteroatoms. The first-order chi connectivity index (χ1) is 19.0. The van der Waals surface area contributed by atoms with Gasteiger partial charge in [-0.15, -0.1) is 0 Å². The van der Waals surface area contributed by atoms with Crippen LogP contribution in [0.5, 0.6) is 0 Å². The Bertz CT molecular complexity index is 1090. The number of hydrogen-bond acceptors (Lipinski definition) is 5. The fraction of sp³-hybridized carbons (Fsp3) is 0.613. The van der Waals surface area contributed by atoms with Crippen LogP contribution in [0, 0.1) is 28.5 Å². The lowest BCUT2D eigenvalue weighted by Crippen LogP contribution is -2.27. The minimum Gasteiger partial charge on any atom is -0.366 e. The van der Waals surface area contributed by atoms with E-state index in [-0.39, 0.29) is 23.2 Å². The van der Waals surface area contributed by atoms with Gasteiger partial charge in [0.15, 0.2) is 0 Å². The molecule has 0 bridgehead atoms. The van der Waals surface area contributed by atoms with E-state index >= 15 is 0 Å². The van der Waals surface area contributed by atoms with E-state index < -0.39 is 23.2 Å². The summed E-state index contributed by atoms with van der Waals surface area (Å²) in [5.74, 6) is 0.205. The molecule has 224 valence electrons. The molecule has 0 saturated carbocycles. The zero-order valence-electron chi connectivity index (χ0n) is 25.3. The third-order valence-electron chi connectivity index (χ3n) is 6.41. The first-order valence-electron chi connectivity index (χ1n) is 14.2. The van der Waals surface area contributed by atoms with E-state index in [1.807, 2.05) is 34.6 Å². The number of halogens is 4. The molecular formula is C31H46ClF3N4O. The van der Waals surface area contributed by atoms with Gasteiger partial charge in [-0.05, 0) is 56.5 Å². The smallest absolute Gasteiger partial charge is 0.266 e. The standard InChI is InChI=1S/C17H19ClF3N3.C12H21NO.C2H6/c1-3-6-13-11(4-2)16(24-17(18)23-13)22-9-10-7-5-8-12(14(10)19)15(20)21;1-5-7-12(9-13,11(4)14)8-6-10(2)3;1-2/h5,7-8,15H,3-4,6,9H2,1-2H3,(H,22,23,24);10H,5-8H2,1-4H3;1-2H3. The highest BCUT2D eigenvalue weighted by molar-refractivity contribution is 6.28. The summed E-state index contributed by atoms with van der Waals surface area (Å²) in [6.07, 6.45) is 2.77. The van der Waals surface area contributed by atoms with Gasteiger partial charge in [0, 0.05) is 17.7 Å². The molecule has 0 amide bonds. The van der Waals surface area contributed by atoms with Crippen LogP contribution in [0.25, 0.3) is 0 Å². The Morgan fingerprint density at radius 3 is 2.25 bits per heavy atom. The predicted molar refractivity (Wildman–Crippen MR) is 158 cm³/mol. The number of nitriles is 1. The maximum absolute atomic E-state index is 14.1. The van der Waals surface area contributed by atoms with Crippen molar-refractivity contribution in [2.24, 2.45) is 11.3 Å². The van der Waals surface area contributed by atoms with Crippen LogP contribution in [0.3, 0.4) is 0 Å². The highest BCUT2D eigenvalue weighted by atomic mass is 35.5. The van der Waals surface area contributed by atoms with Gasteiger partial charge in [-0.1, -0.05) is 79.5 Å². The van der Waals surface area contributed by atoms with Gasteiger partial charge in [0.25, 0.3) is 6.43 Å². The third-order valence-corrected chi connectivity index (χ3v) is 6.58. The number of carbonyl (C=O) groups is 1. The lowest BCUT2D eigenvalue weighted by molar-refractivity contribution is -0.124. The largest absolute Gasteiger partial charge is 0.366 e. The lowest BCUT2D eigenvalue weighted by atomic mass is 9.76. The highest BCUT2D eigenvalue weighted by Crippen LogP contribution is 2.31. The Labute approximate surface area is 244 Å². The second kappa shape index (κ2) is 19.4. The number of Topliss-reactive ketones (excluding diaryl/α,β-unsaturated/α-hetero) is 1. The maximum atomic E-state index is 14.1. The van der Waals surface area contributed by atoms with Gasteiger partial charge in [-0.2, -0.15) is 5.26 Å². The third kappa shape index (κ3) is 11.4. The Hall–Kier alpha value is -2.66. The Balaban J connectivity index is 0.000000815. The van der Waals surface area contributed by atoms with Gasteiger partial charge < -0.3 is 5.32 Å². The van der Waals surface area contributed by atoms with E-state index in [2.05, 4.69) is 35.2 Å². The van der Waals surface area contributed by atoms with E-state index in [1.165, 1.54) is 12.1 Å². The molecule has 1 N–H and O–H groups in total. The second-order valence-electron chi connectivity index (χ2n) is 9.78. The van der Waals surface area contributed by atoms with Crippen LogP contribution in [0.15, 0.2) is 18.2 Å². The van der Waals surface area contributed by atoms with Crippen LogP contribution >= 0.6 is 11.6 Å². The average molecular weight is 583 g/mol. The number of ketones is 1. The van der Waals surface area contributed by atoms with Gasteiger partial charge in [-0.3, -0.25) is 4.79 Å². The van der Waals surface area contributed by atoms with E-state index in [1.54, 1.807) is 6.92 Å². The molecule has 0 spiro atoms. The fourth-order valence-electron chi connectivity index (χ4n) is 4.17. The van der Waals surface area contributed by atoms with E-state index in [4.69, 9.17) is 16.9 Å². The number of aryl methyl sites for hydroxylation is 1. The van der Waals surface area contributed by atoms with Gasteiger partial charge >= 0.3 is 0 Å². The van der Waals surface area contributed by atoms with Crippen molar-refractivity contribution in [1.82, 2.24) is 9.97 Å². The van der Waals surface area contributed by atoms with Crippen LogP contribution in [-0.2, 0) is 24.2 Å². The normalized spacial score (nSPS) is 12.0. The number of anilines is 1. The Kier molecular flexibility index (Phi) is 18.1. The van der Waals surface area contributed by atoms with Crippen molar-refractivity contribution in [1.29, 1.82) is 5.26 Å². The average Bonchev–Trinajstić information content (AvgIpc) is 2.91. The summed E-state index contributed by atoms with van der Waals surface area (Å²) in [6, 6.07) is 6.19. The summed E-state index contributed by atoms with van der Waals surface area (Å²) >= 11 is 5.96. The molecule has 1 atom stereocenters. The van der Waals surface area contributed by atoms with Crippen molar-refractivity contribution in [3.05, 3.63) is 51.7 Å². The molecule has 1 unspecified atom stereocenters. The van der Waals surface area contributed by atoms with Crippen molar-refractivity contribution >= 4 is 23.2 Å². The summed E-state index contributed by atoms with van der Waals surface area (Å²) in [6.45, 7) is 15.8. The number of hydrogen-bond donors (Lipinski definition) is 1. The first-order valence-corrected chi connectivity index (χ1v) is 14.6. The summed E-state index contributed by atoms with van der Waals surface area (Å²) in [4.78, 5) is 19.9. The van der Waals surface area contributed by atoms with Crippen molar-refractivity contribution < 1.29 is 18.0 Å². The minimum atomic E-state index is -2.85. The van der Waals surface area contributed by atoms with Crippen molar-refractivity contribution in [3.63, 3.8) is 0 Å². The zero-order chi connectivity index (χ0) is 30.9. The molecule has 0 aliphatic carbocycles. The molecule has 1 heterocycles. The number of rotatable bonds is 13. The molecule has 1 aromatic carbocycles. The van der Waals surface area contributed by atoms with Crippen LogP contribution in [0.1, 0.15) is 116 Å². The molecule has 2 aromatic rings. The van der Waals surface area contributed by atoms with E-state index in [0.29, 0.717) is 31.0 Å². The number of benzene rings is 1. The van der Waals surface area contributed by atoms with Crippen LogP contribution in [0.4, 0.5) is 19.0 Å². The molecule has 1 aromatic heterocycles. The molecule has 0 radical (unpaired) electrons. The highest BCUT2D eigenvalue weighted by Gasteiger charge is 2.34. The van der Waals surface area contributed by atoms with Gasteiger partial charge in [0.2, 0.25) is 5.28 Å². The lowest BCUT2D eigenvalue weighted by Gasteiger charge is -2.23. The van der Waals surface area contributed by atoms with E-state index in [9.17, 15) is 18.0 Å². The van der Waals surface area contributed by atoms with Crippen LogP contribution in [0.2, 0.25) is 5.28 Å². The topological polar surface area (TPSA) is 78.7 Å². The molecule has 0 fully saturated rings. The Morgan fingerprint density at radius 2 is 1.77 bits per heavy atom. The van der Waals surface area contributed by atoms with Crippen molar-refractivity contribution in [2.75, 3.05) is 5.32 Å². The summed E-state index contributed by atoms with van der Waals surface area (Å²) < 4.78 is 39.7. The molecule has 0 aliphatic rings. The summed E-state index contributed by atoms with van der Waals surface area (Å²) in [5, 5.41) is 12.2. The minimum absolute atomic E-state index is 0.0301. The molecule has 0 aliphatic heterocycles. The Morgan fingerprint density at radius 1 is 1.12 bits per heavy atom. The predicted octanol–water partition coefficient (Wildman–Crippen LogP) is 9.68. The number of nitrogens with zero attached hydrogens (tertiary/aromatic N) is 3. The van der Waals surface area contributed by atoms with Gasteiger partial charge in [-0.25, -0.2) is 23.1 Å². The fourth-order valence-corrected chi connectivity index (χ4v) is 4.36.